The minimum Gasteiger partial charge on any atom is -0.474 e. The highest BCUT2D eigenvalue weighted by molar-refractivity contribution is 5.99. The van der Waals surface area contributed by atoms with Gasteiger partial charge in [-0.3, -0.25) is 9.48 Å². The number of aromatic nitrogens is 4. The molecule has 7 nitrogen and oxygen atoms in total. The Bertz CT molecular complexity index is 1010. The zero-order chi connectivity index (χ0) is 19.7. The van der Waals surface area contributed by atoms with Crippen LogP contribution in [0, 0.1) is 12.8 Å². The summed E-state index contributed by atoms with van der Waals surface area (Å²) < 4.78 is 7.77. The molecule has 0 radical (unpaired) electrons. The third-order valence-electron chi connectivity index (χ3n) is 5.01. The SMILES string of the molecule is Cc1cc(Cn2cc3c(NC(=O)C(C)C)nccc3n2)cnc1OC1CCC1. The topological polar surface area (TPSA) is 81.9 Å². The fraction of sp³-hybridized carbons (Fsp3) is 0.429. The van der Waals surface area contributed by atoms with Gasteiger partial charge in [0, 0.05) is 30.1 Å². The van der Waals surface area contributed by atoms with Gasteiger partial charge in [-0.1, -0.05) is 13.8 Å². The molecule has 3 aromatic heterocycles. The molecule has 0 atom stereocenters. The second-order valence-electron chi connectivity index (χ2n) is 7.70. The molecule has 0 saturated heterocycles. The Balaban J connectivity index is 1.53. The highest BCUT2D eigenvalue weighted by Crippen LogP contribution is 2.26. The standard InChI is InChI=1S/C21H25N5O2/c1-13(2)20(27)24-19-17-12-26(25-18(17)7-8-22-19)11-15-9-14(3)21(23-10-15)28-16-5-4-6-16/h7-10,12-13,16H,4-6,11H2,1-3H3,(H,22,24,27). The van der Waals surface area contributed by atoms with Crippen LogP contribution in [0.25, 0.3) is 10.9 Å². The lowest BCUT2D eigenvalue weighted by Crippen LogP contribution is -2.25. The van der Waals surface area contributed by atoms with Crippen LogP contribution in [0.1, 0.15) is 44.2 Å². The van der Waals surface area contributed by atoms with E-state index < -0.39 is 0 Å². The van der Waals surface area contributed by atoms with Crippen molar-refractivity contribution in [1.29, 1.82) is 0 Å². The first-order valence-electron chi connectivity index (χ1n) is 9.75. The number of rotatable bonds is 6. The Labute approximate surface area is 164 Å². The van der Waals surface area contributed by atoms with Crippen molar-refractivity contribution in [3.05, 3.63) is 41.9 Å². The van der Waals surface area contributed by atoms with E-state index in [0.717, 1.165) is 40.8 Å². The van der Waals surface area contributed by atoms with Crippen molar-refractivity contribution in [2.45, 2.75) is 52.7 Å². The Kier molecular flexibility index (Phi) is 4.98. The summed E-state index contributed by atoms with van der Waals surface area (Å²) in [5, 5.41) is 8.31. The number of amides is 1. The summed E-state index contributed by atoms with van der Waals surface area (Å²) in [5.41, 5.74) is 2.88. The maximum atomic E-state index is 12.0. The largest absolute Gasteiger partial charge is 0.474 e. The normalized spacial score (nSPS) is 14.3. The van der Waals surface area contributed by atoms with Gasteiger partial charge in [-0.05, 0) is 43.9 Å². The molecule has 146 valence electrons. The van der Waals surface area contributed by atoms with Gasteiger partial charge in [0.15, 0.2) is 0 Å². The molecular formula is C21H25N5O2. The van der Waals surface area contributed by atoms with Crippen molar-refractivity contribution < 1.29 is 9.53 Å². The number of fused-ring (bicyclic) bond motifs is 1. The van der Waals surface area contributed by atoms with Crippen LogP contribution in [0.15, 0.2) is 30.7 Å². The molecule has 0 spiro atoms. The summed E-state index contributed by atoms with van der Waals surface area (Å²) in [6, 6.07) is 3.93. The lowest BCUT2D eigenvalue weighted by molar-refractivity contribution is -0.118. The first kappa shape index (κ1) is 18.4. The van der Waals surface area contributed by atoms with Gasteiger partial charge in [0.2, 0.25) is 11.8 Å². The maximum Gasteiger partial charge on any atom is 0.228 e. The molecule has 0 bridgehead atoms. The van der Waals surface area contributed by atoms with Gasteiger partial charge in [0.25, 0.3) is 0 Å². The van der Waals surface area contributed by atoms with Gasteiger partial charge in [-0.2, -0.15) is 5.10 Å². The minimum absolute atomic E-state index is 0.0605. The first-order chi connectivity index (χ1) is 13.5. The fourth-order valence-electron chi connectivity index (χ4n) is 3.10. The Morgan fingerprint density at radius 2 is 2.18 bits per heavy atom. The molecule has 1 fully saturated rings. The molecule has 4 rings (SSSR count). The summed E-state index contributed by atoms with van der Waals surface area (Å²) in [7, 11) is 0. The lowest BCUT2D eigenvalue weighted by Gasteiger charge is -2.26. The number of carbonyl (C=O) groups excluding carboxylic acids is 1. The number of carbonyl (C=O) groups is 1. The van der Waals surface area contributed by atoms with Crippen molar-refractivity contribution in [2.24, 2.45) is 5.92 Å². The number of aryl methyl sites for hydroxylation is 1. The number of nitrogens with one attached hydrogen (secondary N) is 1. The van der Waals surface area contributed by atoms with E-state index >= 15 is 0 Å². The lowest BCUT2D eigenvalue weighted by atomic mass is 9.96. The molecular weight excluding hydrogens is 354 g/mol. The molecule has 3 heterocycles. The third kappa shape index (κ3) is 3.83. The van der Waals surface area contributed by atoms with Crippen LogP contribution in [0.5, 0.6) is 5.88 Å². The summed E-state index contributed by atoms with van der Waals surface area (Å²) in [4.78, 5) is 20.8. The van der Waals surface area contributed by atoms with E-state index in [-0.39, 0.29) is 11.8 Å². The molecule has 0 aliphatic heterocycles. The van der Waals surface area contributed by atoms with Gasteiger partial charge in [0.05, 0.1) is 17.4 Å². The molecule has 3 aromatic rings. The van der Waals surface area contributed by atoms with Crippen LogP contribution in [-0.4, -0.2) is 31.8 Å². The van der Waals surface area contributed by atoms with Crippen LogP contribution >= 0.6 is 0 Å². The number of hydrogen-bond acceptors (Lipinski definition) is 5. The first-order valence-corrected chi connectivity index (χ1v) is 9.75. The smallest absolute Gasteiger partial charge is 0.228 e. The maximum absolute atomic E-state index is 12.0. The van der Waals surface area contributed by atoms with Gasteiger partial charge < -0.3 is 10.1 Å². The number of ether oxygens (including phenoxy) is 1. The van der Waals surface area contributed by atoms with E-state index in [0.29, 0.717) is 18.5 Å². The number of anilines is 1. The highest BCUT2D eigenvalue weighted by atomic mass is 16.5. The van der Waals surface area contributed by atoms with Crippen LogP contribution in [-0.2, 0) is 11.3 Å². The van der Waals surface area contributed by atoms with E-state index in [2.05, 4.69) is 26.4 Å². The predicted molar refractivity (Wildman–Crippen MR) is 107 cm³/mol. The van der Waals surface area contributed by atoms with Gasteiger partial charge in [-0.25, -0.2) is 9.97 Å². The van der Waals surface area contributed by atoms with E-state index in [4.69, 9.17) is 4.74 Å². The molecule has 7 heteroatoms. The van der Waals surface area contributed by atoms with Gasteiger partial charge in [-0.15, -0.1) is 0 Å². The van der Waals surface area contributed by atoms with Gasteiger partial charge in [0.1, 0.15) is 11.9 Å². The van der Waals surface area contributed by atoms with Crippen LogP contribution in [0.3, 0.4) is 0 Å². The Hall–Kier alpha value is -2.96. The zero-order valence-electron chi connectivity index (χ0n) is 16.5. The van der Waals surface area contributed by atoms with Crippen LogP contribution in [0.2, 0.25) is 0 Å². The average Bonchev–Trinajstić information content (AvgIpc) is 3.03. The summed E-state index contributed by atoms with van der Waals surface area (Å²) in [6.07, 6.45) is 9.20. The van der Waals surface area contributed by atoms with E-state index in [1.807, 2.05) is 43.9 Å². The van der Waals surface area contributed by atoms with E-state index in [1.54, 1.807) is 6.20 Å². The molecule has 1 aliphatic carbocycles. The second kappa shape index (κ2) is 7.58. The quantitative estimate of drug-likeness (QED) is 0.706. The van der Waals surface area contributed by atoms with Gasteiger partial charge >= 0.3 is 0 Å². The zero-order valence-corrected chi connectivity index (χ0v) is 16.5. The van der Waals surface area contributed by atoms with E-state index in [9.17, 15) is 4.79 Å². The molecule has 28 heavy (non-hydrogen) atoms. The Morgan fingerprint density at radius 1 is 1.36 bits per heavy atom. The van der Waals surface area contributed by atoms with Crippen LogP contribution in [0.4, 0.5) is 5.82 Å². The van der Waals surface area contributed by atoms with E-state index in [1.165, 1.54) is 6.42 Å². The minimum atomic E-state index is -0.109. The molecule has 0 unspecified atom stereocenters. The summed E-state index contributed by atoms with van der Waals surface area (Å²) in [6.45, 7) is 6.32. The molecule has 1 aliphatic rings. The van der Waals surface area contributed by atoms with Crippen molar-refractivity contribution in [3.63, 3.8) is 0 Å². The number of hydrogen-bond donors (Lipinski definition) is 1. The molecule has 1 amide bonds. The number of nitrogens with zero attached hydrogens (tertiary/aromatic N) is 4. The van der Waals surface area contributed by atoms with Crippen molar-refractivity contribution in [2.75, 3.05) is 5.32 Å². The molecule has 0 aromatic carbocycles. The third-order valence-corrected chi connectivity index (χ3v) is 5.01. The average molecular weight is 379 g/mol. The Morgan fingerprint density at radius 3 is 2.86 bits per heavy atom. The summed E-state index contributed by atoms with van der Waals surface area (Å²) >= 11 is 0. The summed E-state index contributed by atoms with van der Waals surface area (Å²) in [5.74, 6) is 1.10. The molecule has 1 N–H and O–H groups in total. The van der Waals surface area contributed by atoms with Crippen molar-refractivity contribution >= 4 is 22.6 Å². The second-order valence-corrected chi connectivity index (χ2v) is 7.70. The van der Waals surface area contributed by atoms with Crippen molar-refractivity contribution in [3.8, 4) is 5.88 Å². The van der Waals surface area contributed by atoms with Crippen molar-refractivity contribution in [1.82, 2.24) is 19.7 Å². The fourth-order valence-corrected chi connectivity index (χ4v) is 3.10. The highest BCUT2D eigenvalue weighted by Gasteiger charge is 2.20. The molecule has 1 saturated carbocycles. The number of pyridine rings is 2. The van der Waals surface area contributed by atoms with Crippen LogP contribution < -0.4 is 10.1 Å². The monoisotopic (exact) mass is 379 g/mol. The predicted octanol–water partition coefficient (Wildman–Crippen LogP) is 3.71.